The van der Waals surface area contributed by atoms with Gasteiger partial charge in [-0.05, 0) is 43.5 Å². The molecule has 0 saturated carbocycles. The standard InChI is InChI=1S/C27H34N2O2/c1-21-8-12-23(13-9-21)18-25(20-31-17-16-30-3)29-27-7-5-4-6-26(27)28-19-24-14-10-22(2)11-15-24/h4-15,25,28-29H,16-20H2,1-3H3/t25-/m0/s1. The molecular formula is C27H34N2O2. The third-order valence-corrected chi connectivity index (χ3v) is 5.24. The molecule has 3 aromatic carbocycles. The van der Waals surface area contributed by atoms with Crippen LogP contribution in [0.25, 0.3) is 0 Å². The van der Waals surface area contributed by atoms with Crippen LogP contribution in [0.2, 0.25) is 0 Å². The van der Waals surface area contributed by atoms with Gasteiger partial charge in [0.1, 0.15) is 0 Å². The highest BCUT2D eigenvalue weighted by Gasteiger charge is 2.13. The molecule has 1 atom stereocenters. The van der Waals surface area contributed by atoms with Crippen molar-refractivity contribution in [3.05, 3.63) is 95.1 Å². The van der Waals surface area contributed by atoms with Crippen molar-refractivity contribution in [2.45, 2.75) is 32.9 Å². The lowest BCUT2D eigenvalue weighted by Crippen LogP contribution is -2.29. The van der Waals surface area contributed by atoms with Gasteiger partial charge in [-0.1, -0.05) is 71.8 Å². The van der Waals surface area contributed by atoms with E-state index >= 15 is 0 Å². The van der Waals surface area contributed by atoms with Crippen molar-refractivity contribution >= 4 is 11.4 Å². The smallest absolute Gasteiger partial charge is 0.0701 e. The second-order valence-electron chi connectivity index (χ2n) is 7.98. The van der Waals surface area contributed by atoms with Gasteiger partial charge in [-0.3, -0.25) is 0 Å². The lowest BCUT2D eigenvalue weighted by Gasteiger charge is -2.23. The Morgan fingerprint density at radius 3 is 2.00 bits per heavy atom. The third kappa shape index (κ3) is 7.74. The quantitative estimate of drug-likeness (QED) is 0.376. The summed E-state index contributed by atoms with van der Waals surface area (Å²) in [6.45, 7) is 6.82. The molecule has 2 N–H and O–H groups in total. The Hall–Kier alpha value is -2.82. The number of anilines is 2. The summed E-state index contributed by atoms with van der Waals surface area (Å²) in [6.07, 6.45) is 0.888. The number of methoxy groups -OCH3 is 1. The predicted octanol–water partition coefficient (Wildman–Crippen LogP) is 5.60. The monoisotopic (exact) mass is 418 g/mol. The van der Waals surface area contributed by atoms with Crippen LogP contribution in [0, 0.1) is 13.8 Å². The van der Waals surface area contributed by atoms with Crippen LogP contribution in [-0.2, 0) is 22.4 Å². The summed E-state index contributed by atoms with van der Waals surface area (Å²) in [5.74, 6) is 0. The molecule has 3 rings (SSSR count). The Kier molecular flexibility index (Phi) is 8.95. The first-order valence-corrected chi connectivity index (χ1v) is 10.9. The van der Waals surface area contributed by atoms with E-state index < -0.39 is 0 Å². The van der Waals surface area contributed by atoms with Crippen LogP contribution in [-0.4, -0.2) is 33.0 Å². The van der Waals surface area contributed by atoms with Gasteiger partial charge in [0.2, 0.25) is 0 Å². The molecule has 4 nitrogen and oxygen atoms in total. The van der Waals surface area contributed by atoms with E-state index in [0.29, 0.717) is 19.8 Å². The van der Waals surface area contributed by atoms with Crippen molar-refractivity contribution in [1.82, 2.24) is 0 Å². The van der Waals surface area contributed by atoms with Crippen LogP contribution in [0.15, 0.2) is 72.8 Å². The molecule has 0 bridgehead atoms. The van der Waals surface area contributed by atoms with Gasteiger partial charge in [-0.2, -0.15) is 0 Å². The number of nitrogens with one attached hydrogen (secondary N) is 2. The normalized spacial score (nSPS) is 11.8. The first-order valence-electron chi connectivity index (χ1n) is 10.9. The van der Waals surface area contributed by atoms with E-state index in [2.05, 4.69) is 97.3 Å². The average molecular weight is 419 g/mol. The van der Waals surface area contributed by atoms with E-state index in [1.165, 1.54) is 22.3 Å². The van der Waals surface area contributed by atoms with Crippen molar-refractivity contribution in [2.24, 2.45) is 0 Å². The Bertz CT molecular complexity index is 907. The van der Waals surface area contributed by atoms with Gasteiger partial charge in [0.05, 0.1) is 37.2 Å². The van der Waals surface area contributed by atoms with Crippen LogP contribution in [0.3, 0.4) is 0 Å². The molecule has 0 aliphatic heterocycles. The molecule has 31 heavy (non-hydrogen) atoms. The average Bonchev–Trinajstić information content (AvgIpc) is 2.78. The molecule has 0 aliphatic rings. The summed E-state index contributed by atoms with van der Waals surface area (Å²) in [4.78, 5) is 0. The first kappa shape index (κ1) is 22.9. The summed E-state index contributed by atoms with van der Waals surface area (Å²) in [5.41, 5.74) is 7.28. The van der Waals surface area contributed by atoms with Gasteiger partial charge in [0.25, 0.3) is 0 Å². The Morgan fingerprint density at radius 2 is 1.35 bits per heavy atom. The molecule has 0 aliphatic carbocycles. The summed E-state index contributed by atoms with van der Waals surface area (Å²) >= 11 is 0. The SMILES string of the molecule is COCCOC[C@H](Cc1ccc(C)cc1)Nc1ccccc1NCc1ccc(C)cc1. The third-order valence-electron chi connectivity index (χ3n) is 5.24. The Labute approximate surface area is 186 Å². The number of aryl methyl sites for hydroxylation is 2. The number of ether oxygens (including phenoxy) is 2. The minimum Gasteiger partial charge on any atom is -0.382 e. The number of benzene rings is 3. The van der Waals surface area contributed by atoms with Crippen molar-refractivity contribution in [3.63, 3.8) is 0 Å². The number of hydrogen-bond donors (Lipinski definition) is 2. The fraction of sp³-hybridized carbons (Fsp3) is 0.333. The zero-order valence-corrected chi connectivity index (χ0v) is 18.9. The van der Waals surface area contributed by atoms with Crippen molar-refractivity contribution in [3.8, 4) is 0 Å². The predicted molar refractivity (Wildman–Crippen MR) is 130 cm³/mol. The maximum Gasteiger partial charge on any atom is 0.0701 e. The largest absolute Gasteiger partial charge is 0.382 e. The van der Waals surface area contributed by atoms with Gasteiger partial charge in [0, 0.05) is 13.7 Å². The molecule has 4 heteroatoms. The fourth-order valence-corrected chi connectivity index (χ4v) is 3.41. The first-order chi connectivity index (χ1) is 15.1. The molecule has 0 spiro atoms. The summed E-state index contributed by atoms with van der Waals surface area (Å²) in [5, 5.41) is 7.28. The van der Waals surface area contributed by atoms with Crippen molar-refractivity contribution < 1.29 is 9.47 Å². The van der Waals surface area contributed by atoms with E-state index in [9.17, 15) is 0 Å². The van der Waals surface area contributed by atoms with E-state index in [4.69, 9.17) is 9.47 Å². The minimum atomic E-state index is 0.155. The van der Waals surface area contributed by atoms with Gasteiger partial charge in [-0.15, -0.1) is 0 Å². The lowest BCUT2D eigenvalue weighted by atomic mass is 10.0. The summed E-state index contributed by atoms with van der Waals surface area (Å²) in [7, 11) is 1.70. The van der Waals surface area contributed by atoms with Crippen molar-refractivity contribution in [1.29, 1.82) is 0 Å². The number of hydrogen-bond acceptors (Lipinski definition) is 4. The van der Waals surface area contributed by atoms with Crippen LogP contribution in [0.1, 0.15) is 22.3 Å². The minimum absolute atomic E-state index is 0.155. The van der Waals surface area contributed by atoms with E-state index in [0.717, 1.165) is 24.3 Å². The molecule has 0 amide bonds. The van der Waals surface area contributed by atoms with E-state index in [1.807, 2.05) is 0 Å². The molecule has 0 fully saturated rings. The zero-order valence-electron chi connectivity index (χ0n) is 18.9. The van der Waals surface area contributed by atoms with Crippen LogP contribution in [0.4, 0.5) is 11.4 Å². The molecule has 0 heterocycles. The summed E-state index contributed by atoms with van der Waals surface area (Å²) < 4.78 is 11.0. The number of para-hydroxylation sites is 2. The summed E-state index contributed by atoms with van der Waals surface area (Å²) in [6, 6.07) is 25.9. The molecule has 0 unspecified atom stereocenters. The van der Waals surface area contributed by atoms with Crippen LogP contribution >= 0.6 is 0 Å². The Morgan fingerprint density at radius 1 is 0.742 bits per heavy atom. The number of rotatable bonds is 12. The molecule has 0 radical (unpaired) electrons. The van der Waals surface area contributed by atoms with Crippen LogP contribution in [0.5, 0.6) is 0 Å². The maximum absolute atomic E-state index is 5.88. The zero-order chi connectivity index (χ0) is 21.9. The van der Waals surface area contributed by atoms with Crippen LogP contribution < -0.4 is 10.6 Å². The van der Waals surface area contributed by atoms with Gasteiger partial charge in [0.15, 0.2) is 0 Å². The second-order valence-corrected chi connectivity index (χ2v) is 7.98. The van der Waals surface area contributed by atoms with Gasteiger partial charge < -0.3 is 20.1 Å². The second kappa shape index (κ2) is 12.1. The molecule has 0 saturated heterocycles. The lowest BCUT2D eigenvalue weighted by molar-refractivity contribution is 0.0659. The Balaban J connectivity index is 1.68. The van der Waals surface area contributed by atoms with Gasteiger partial charge in [-0.25, -0.2) is 0 Å². The molecular weight excluding hydrogens is 384 g/mol. The van der Waals surface area contributed by atoms with Gasteiger partial charge >= 0.3 is 0 Å². The topological polar surface area (TPSA) is 42.5 Å². The highest BCUT2D eigenvalue weighted by molar-refractivity contribution is 5.69. The maximum atomic E-state index is 5.88. The molecule has 0 aromatic heterocycles. The van der Waals surface area contributed by atoms with E-state index in [1.54, 1.807) is 7.11 Å². The molecule has 164 valence electrons. The highest BCUT2D eigenvalue weighted by atomic mass is 16.5. The van der Waals surface area contributed by atoms with Crippen molar-refractivity contribution in [2.75, 3.05) is 37.6 Å². The fourth-order valence-electron chi connectivity index (χ4n) is 3.41. The van der Waals surface area contributed by atoms with E-state index in [-0.39, 0.29) is 6.04 Å². The highest BCUT2D eigenvalue weighted by Crippen LogP contribution is 2.23. The molecule has 3 aromatic rings.